The maximum Gasteiger partial charge on any atom is 0.194 e. The zero-order valence-corrected chi connectivity index (χ0v) is 15.5. The number of anilines is 1. The van der Waals surface area contributed by atoms with Crippen LogP contribution in [0.4, 0.5) is 5.82 Å². The summed E-state index contributed by atoms with van der Waals surface area (Å²) in [5, 5.41) is 3.36. The zero-order valence-electron chi connectivity index (χ0n) is 13.2. The molecular formula is C15H24IN5O. The molecule has 22 heavy (non-hydrogen) atoms. The van der Waals surface area contributed by atoms with Gasteiger partial charge in [0.05, 0.1) is 19.3 Å². The van der Waals surface area contributed by atoms with E-state index in [1.54, 1.807) is 0 Å². The molecule has 1 unspecified atom stereocenters. The Morgan fingerprint density at radius 3 is 2.86 bits per heavy atom. The molecule has 6 nitrogen and oxygen atoms in total. The van der Waals surface area contributed by atoms with Crippen LogP contribution in [0.2, 0.25) is 0 Å². The highest BCUT2D eigenvalue weighted by Gasteiger charge is 2.17. The number of rotatable bonds is 3. The minimum Gasteiger partial charge on any atom is -0.375 e. The molecule has 0 bridgehead atoms. The second-order valence-electron chi connectivity index (χ2n) is 5.63. The van der Waals surface area contributed by atoms with E-state index in [9.17, 15) is 0 Å². The molecule has 3 heterocycles. The lowest BCUT2D eigenvalue weighted by Gasteiger charge is -2.32. The van der Waals surface area contributed by atoms with Gasteiger partial charge in [-0.15, -0.1) is 24.0 Å². The number of nitrogens with zero attached hydrogens (tertiary/aromatic N) is 4. The summed E-state index contributed by atoms with van der Waals surface area (Å²) in [5.74, 6) is 2.00. The van der Waals surface area contributed by atoms with Crippen LogP contribution in [0.15, 0.2) is 23.3 Å². The molecule has 3 rings (SSSR count). The van der Waals surface area contributed by atoms with Crippen molar-refractivity contribution in [2.75, 3.05) is 44.7 Å². The van der Waals surface area contributed by atoms with E-state index >= 15 is 0 Å². The molecule has 0 aliphatic carbocycles. The minimum absolute atomic E-state index is 0. The molecule has 2 aliphatic heterocycles. The zero-order chi connectivity index (χ0) is 14.7. The van der Waals surface area contributed by atoms with Crippen LogP contribution in [-0.4, -0.2) is 61.8 Å². The van der Waals surface area contributed by atoms with Crippen molar-refractivity contribution in [1.82, 2.24) is 15.2 Å². The van der Waals surface area contributed by atoms with Crippen LogP contribution in [0.3, 0.4) is 0 Å². The first-order valence-electron chi connectivity index (χ1n) is 7.53. The first kappa shape index (κ1) is 17.3. The third-order valence-electron chi connectivity index (χ3n) is 3.88. The monoisotopic (exact) mass is 417 g/mol. The van der Waals surface area contributed by atoms with Gasteiger partial charge in [-0.1, -0.05) is 6.07 Å². The van der Waals surface area contributed by atoms with E-state index in [4.69, 9.17) is 4.74 Å². The first-order chi connectivity index (χ1) is 10.2. The average Bonchev–Trinajstić information content (AvgIpc) is 2.91. The van der Waals surface area contributed by atoms with Crippen molar-refractivity contribution in [1.29, 1.82) is 0 Å². The smallest absolute Gasteiger partial charge is 0.194 e. The van der Waals surface area contributed by atoms with E-state index in [1.165, 1.54) is 5.56 Å². The number of halogens is 1. The third-order valence-corrected chi connectivity index (χ3v) is 3.88. The molecule has 0 spiro atoms. The Balaban J connectivity index is 0.00000176. The SMILES string of the molecule is CC1CN(c2ccc(CNC3=NCCN3C)cn2)CCO1.I. The van der Waals surface area contributed by atoms with Gasteiger partial charge in [0.1, 0.15) is 5.82 Å². The van der Waals surface area contributed by atoms with Crippen LogP contribution >= 0.6 is 24.0 Å². The number of hydrogen-bond acceptors (Lipinski definition) is 6. The molecule has 0 radical (unpaired) electrons. The molecule has 1 aromatic heterocycles. The number of nitrogens with one attached hydrogen (secondary N) is 1. The van der Waals surface area contributed by atoms with E-state index in [-0.39, 0.29) is 30.1 Å². The molecule has 1 fully saturated rings. The Kier molecular flexibility index (Phi) is 6.25. The van der Waals surface area contributed by atoms with E-state index in [0.29, 0.717) is 0 Å². The number of pyridine rings is 1. The minimum atomic E-state index is 0. The molecule has 2 aliphatic rings. The quantitative estimate of drug-likeness (QED) is 0.752. The lowest BCUT2D eigenvalue weighted by Crippen LogP contribution is -2.41. The number of likely N-dealkylation sites (N-methyl/N-ethyl adjacent to an activating group) is 1. The van der Waals surface area contributed by atoms with E-state index in [2.05, 4.69) is 51.2 Å². The van der Waals surface area contributed by atoms with Gasteiger partial charge < -0.3 is 19.9 Å². The third kappa shape index (κ3) is 4.22. The normalized spacial score (nSPS) is 21.4. The summed E-state index contributed by atoms with van der Waals surface area (Å²) in [6, 6.07) is 4.22. The van der Waals surface area contributed by atoms with Crippen LogP contribution in [-0.2, 0) is 11.3 Å². The highest BCUT2D eigenvalue weighted by molar-refractivity contribution is 14.0. The predicted octanol–water partition coefficient (Wildman–Crippen LogP) is 1.32. The van der Waals surface area contributed by atoms with Crippen molar-refractivity contribution < 1.29 is 4.74 Å². The van der Waals surface area contributed by atoms with Gasteiger partial charge in [-0.3, -0.25) is 4.99 Å². The fraction of sp³-hybridized carbons (Fsp3) is 0.600. The van der Waals surface area contributed by atoms with Gasteiger partial charge in [0.2, 0.25) is 0 Å². The number of aliphatic imine (C=N–C) groups is 1. The van der Waals surface area contributed by atoms with Crippen molar-refractivity contribution in [3.05, 3.63) is 23.9 Å². The van der Waals surface area contributed by atoms with Crippen molar-refractivity contribution in [3.63, 3.8) is 0 Å². The highest BCUT2D eigenvalue weighted by atomic mass is 127. The maximum absolute atomic E-state index is 5.56. The summed E-state index contributed by atoms with van der Waals surface area (Å²) in [4.78, 5) is 13.4. The maximum atomic E-state index is 5.56. The van der Waals surface area contributed by atoms with Crippen molar-refractivity contribution in [2.45, 2.75) is 19.6 Å². The molecule has 122 valence electrons. The second kappa shape index (κ2) is 7.96. The Morgan fingerprint density at radius 1 is 1.36 bits per heavy atom. The van der Waals surface area contributed by atoms with Crippen LogP contribution in [0.5, 0.6) is 0 Å². The Morgan fingerprint density at radius 2 is 2.23 bits per heavy atom. The molecule has 1 aromatic rings. The van der Waals surface area contributed by atoms with Gasteiger partial charge in [0.25, 0.3) is 0 Å². The van der Waals surface area contributed by atoms with Gasteiger partial charge in [-0.05, 0) is 18.6 Å². The topological polar surface area (TPSA) is 53.0 Å². The predicted molar refractivity (Wildman–Crippen MR) is 99.1 cm³/mol. The van der Waals surface area contributed by atoms with E-state index in [1.807, 2.05) is 6.20 Å². The summed E-state index contributed by atoms with van der Waals surface area (Å²) < 4.78 is 5.56. The molecule has 7 heteroatoms. The summed E-state index contributed by atoms with van der Waals surface area (Å²) in [6.07, 6.45) is 2.22. The van der Waals surface area contributed by atoms with Crippen molar-refractivity contribution in [3.8, 4) is 0 Å². The van der Waals surface area contributed by atoms with Gasteiger partial charge in [-0.25, -0.2) is 4.98 Å². The lowest BCUT2D eigenvalue weighted by molar-refractivity contribution is 0.0529. The van der Waals surface area contributed by atoms with Crippen molar-refractivity contribution >= 4 is 35.8 Å². The average molecular weight is 417 g/mol. The summed E-state index contributed by atoms with van der Waals surface area (Å²) in [5.41, 5.74) is 1.17. The number of ether oxygens (including phenoxy) is 1. The van der Waals surface area contributed by atoms with Gasteiger partial charge in [-0.2, -0.15) is 0 Å². The number of hydrogen-bond donors (Lipinski definition) is 1. The van der Waals surface area contributed by atoms with Crippen molar-refractivity contribution in [2.24, 2.45) is 4.99 Å². The molecule has 1 saturated heterocycles. The number of aromatic nitrogens is 1. The number of morpholine rings is 1. The van der Waals surface area contributed by atoms with Gasteiger partial charge in [0.15, 0.2) is 5.96 Å². The molecule has 0 saturated carbocycles. The fourth-order valence-corrected chi connectivity index (χ4v) is 2.64. The van der Waals surface area contributed by atoms with Crippen LogP contribution in [0.1, 0.15) is 12.5 Å². The van der Waals surface area contributed by atoms with Crippen LogP contribution in [0.25, 0.3) is 0 Å². The summed E-state index contributed by atoms with van der Waals surface area (Å²) >= 11 is 0. The van der Waals surface area contributed by atoms with Gasteiger partial charge >= 0.3 is 0 Å². The van der Waals surface area contributed by atoms with Crippen LogP contribution < -0.4 is 10.2 Å². The highest BCUT2D eigenvalue weighted by Crippen LogP contribution is 2.15. The summed E-state index contributed by atoms with van der Waals surface area (Å²) in [6.45, 7) is 7.33. The Hall–Kier alpha value is -1.09. The first-order valence-corrected chi connectivity index (χ1v) is 7.53. The Labute approximate surface area is 149 Å². The van der Waals surface area contributed by atoms with E-state index < -0.39 is 0 Å². The van der Waals surface area contributed by atoms with E-state index in [0.717, 1.165) is 51.1 Å². The molecule has 1 atom stereocenters. The standard InChI is InChI=1S/C15H23N5O.HI/c1-12-11-20(7-8-21-12)14-4-3-13(9-17-14)10-18-15-16-5-6-19(15)2;/h3-4,9,12H,5-8,10-11H2,1-2H3,(H,16,18);1H. The molecule has 0 amide bonds. The molecule has 1 N–H and O–H groups in total. The van der Waals surface area contributed by atoms with Crippen LogP contribution in [0, 0.1) is 0 Å². The Bertz CT molecular complexity index is 507. The number of guanidine groups is 1. The summed E-state index contributed by atoms with van der Waals surface area (Å²) in [7, 11) is 2.06. The molecule has 0 aromatic carbocycles. The molecular weight excluding hydrogens is 393 g/mol. The second-order valence-corrected chi connectivity index (χ2v) is 5.63. The van der Waals surface area contributed by atoms with Gasteiger partial charge in [0, 0.05) is 39.4 Å². The lowest BCUT2D eigenvalue weighted by atomic mass is 10.2. The largest absolute Gasteiger partial charge is 0.375 e. The fourth-order valence-electron chi connectivity index (χ4n) is 2.64.